The average Bonchev–Trinajstić information content (AvgIpc) is 2.81. The summed E-state index contributed by atoms with van der Waals surface area (Å²) in [6, 6.07) is 25.3. The molecule has 0 N–H and O–H groups in total. The first-order valence-electron chi connectivity index (χ1n) is 12.9. The number of aryl methyl sites for hydroxylation is 1. The van der Waals surface area contributed by atoms with Crippen molar-refractivity contribution in [2.24, 2.45) is 17.8 Å². The molecule has 0 aromatic heterocycles. The highest BCUT2D eigenvalue weighted by Crippen LogP contribution is 2.20. The van der Waals surface area contributed by atoms with Gasteiger partial charge in [-0.15, -0.1) is 0 Å². The SMILES string of the molecule is CC(C)Cc1ccccc1.COc1cc(CC(C)C)ccc1C.COc1ccc(CC(C)C)cc1. The molecule has 0 bridgehead atoms. The Morgan fingerprint density at radius 3 is 1.46 bits per heavy atom. The van der Waals surface area contributed by atoms with Crippen LogP contribution in [0.2, 0.25) is 0 Å². The average molecular weight is 477 g/mol. The summed E-state index contributed by atoms with van der Waals surface area (Å²) >= 11 is 0. The van der Waals surface area contributed by atoms with Crippen LogP contribution in [0.5, 0.6) is 11.5 Å². The van der Waals surface area contributed by atoms with Crippen LogP contribution in [0, 0.1) is 24.7 Å². The highest BCUT2D eigenvalue weighted by Gasteiger charge is 2.02. The van der Waals surface area contributed by atoms with Gasteiger partial charge in [-0.25, -0.2) is 0 Å². The smallest absolute Gasteiger partial charge is 0.122 e. The number of methoxy groups -OCH3 is 2. The summed E-state index contributed by atoms with van der Waals surface area (Å²) in [4.78, 5) is 0. The Morgan fingerprint density at radius 2 is 1.00 bits per heavy atom. The molecule has 0 heterocycles. The normalized spacial score (nSPS) is 10.4. The molecule has 3 aromatic carbocycles. The van der Waals surface area contributed by atoms with Gasteiger partial charge in [0.05, 0.1) is 14.2 Å². The molecule has 2 heteroatoms. The molecule has 0 unspecified atom stereocenters. The second-order valence-corrected chi connectivity index (χ2v) is 10.4. The summed E-state index contributed by atoms with van der Waals surface area (Å²) in [7, 11) is 3.42. The van der Waals surface area contributed by atoms with Gasteiger partial charge in [0.1, 0.15) is 11.5 Å². The van der Waals surface area contributed by atoms with Gasteiger partial charge >= 0.3 is 0 Å². The Morgan fingerprint density at radius 1 is 0.543 bits per heavy atom. The Hall–Kier alpha value is -2.74. The van der Waals surface area contributed by atoms with Crippen LogP contribution in [0.4, 0.5) is 0 Å². The molecule has 0 amide bonds. The first-order chi connectivity index (χ1) is 16.6. The van der Waals surface area contributed by atoms with Crippen molar-refractivity contribution in [2.45, 2.75) is 67.7 Å². The lowest BCUT2D eigenvalue weighted by atomic mass is 10.0. The van der Waals surface area contributed by atoms with E-state index in [4.69, 9.17) is 9.47 Å². The van der Waals surface area contributed by atoms with Gasteiger partial charge < -0.3 is 9.47 Å². The van der Waals surface area contributed by atoms with Crippen LogP contribution in [0.15, 0.2) is 72.8 Å². The maximum Gasteiger partial charge on any atom is 0.122 e. The monoisotopic (exact) mass is 476 g/mol. The summed E-state index contributed by atoms with van der Waals surface area (Å²) in [5.41, 5.74) is 5.38. The van der Waals surface area contributed by atoms with Crippen LogP contribution >= 0.6 is 0 Å². The van der Waals surface area contributed by atoms with Gasteiger partial charge in [-0.05, 0) is 84.4 Å². The molecule has 0 aliphatic carbocycles. The predicted octanol–water partition coefficient (Wildman–Crippen LogP) is 8.98. The summed E-state index contributed by atoms with van der Waals surface area (Å²) < 4.78 is 10.3. The van der Waals surface area contributed by atoms with Gasteiger partial charge in [0, 0.05) is 0 Å². The fourth-order valence-electron chi connectivity index (χ4n) is 3.78. The largest absolute Gasteiger partial charge is 0.497 e. The van der Waals surface area contributed by atoms with E-state index in [1.807, 2.05) is 12.1 Å². The van der Waals surface area contributed by atoms with E-state index < -0.39 is 0 Å². The molecule has 2 nitrogen and oxygen atoms in total. The number of rotatable bonds is 8. The van der Waals surface area contributed by atoms with E-state index in [0.717, 1.165) is 36.2 Å². The minimum Gasteiger partial charge on any atom is -0.497 e. The van der Waals surface area contributed by atoms with E-state index in [-0.39, 0.29) is 0 Å². The van der Waals surface area contributed by atoms with Crippen molar-refractivity contribution in [1.82, 2.24) is 0 Å². The van der Waals surface area contributed by atoms with E-state index in [1.165, 1.54) is 28.7 Å². The molecule has 0 fully saturated rings. The van der Waals surface area contributed by atoms with Crippen molar-refractivity contribution in [3.63, 3.8) is 0 Å². The highest BCUT2D eigenvalue weighted by molar-refractivity contribution is 5.36. The zero-order chi connectivity index (χ0) is 26.2. The fraction of sp³-hybridized carbons (Fsp3) is 0.455. The summed E-state index contributed by atoms with van der Waals surface area (Å²) in [6.45, 7) is 15.5. The van der Waals surface area contributed by atoms with Crippen LogP contribution < -0.4 is 9.47 Å². The van der Waals surface area contributed by atoms with Crippen LogP contribution in [0.3, 0.4) is 0 Å². The van der Waals surface area contributed by atoms with Gasteiger partial charge in [0.15, 0.2) is 0 Å². The van der Waals surface area contributed by atoms with Crippen molar-refractivity contribution in [2.75, 3.05) is 14.2 Å². The Bertz CT molecular complexity index is 925. The summed E-state index contributed by atoms with van der Waals surface area (Å²) in [5, 5.41) is 0. The van der Waals surface area contributed by atoms with Crippen molar-refractivity contribution in [3.05, 3.63) is 95.1 Å². The van der Waals surface area contributed by atoms with Crippen molar-refractivity contribution in [3.8, 4) is 11.5 Å². The molecular weight excluding hydrogens is 428 g/mol. The molecule has 3 rings (SSSR count). The Labute approximate surface area is 215 Å². The van der Waals surface area contributed by atoms with Gasteiger partial charge in [-0.3, -0.25) is 0 Å². The second-order valence-electron chi connectivity index (χ2n) is 10.4. The van der Waals surface area contributed by atoms with E-state index in [1.54, 1.807) is 14.2 Å². The lowest BCUT2D eigenvalue weighted by molar-refractivity contribution is 0.411. The number of benzene rings is 3. The zero-order valence-corrected chi connectivity index (χ0v) is 23.6. The summed E-state index contributed by atoms with van der Waals surface area (Å²) in [5.74, 6) is 4.12. The van der Waals surface area contributed by atoms with Gasteiger partial charge in [0.2, 0.25) is 0 Å². The molecule has 0 aliphatic heterocycles. The van der Waals surface area contributed by atoms with Crippen molar-refractivity contribution in [1.29, 1.82) is 0 Å². The molecule has 0 aliphatic rings. The van der Waals surface area contributed by atoms with E-state index in [2.05, 4.69) is 109 Å². The summed E-state index contributed by atoms with van der Waals surface area (Å²) in [6.07, 6.45) is 3.46. The maximum absolute atomic E-state index is 5.27. The molecular formula is C33H48O2. The van der Waals surface area contributed by atoms with Gasteiger partial charge in [-0.1, -0.05) is 96.1 Å². The van der Waals surface area contributed by atoms with E-state index in [9.17, 15) is 0 Å². The van der Waals surface area contributed by atoms with Gasteiger partial charge in [-0.2, -0.15) is 0 Å². The van der Waals surface area contributed by atoms with Crippen LogP contribution in [-0.2, 0) is 19.3 Å². The minimum absolute atomic E-state index is 0.701. The standard InChI is InChI=1S/C12H18O.C11H16O.C10H14/c1-9(2)7-11-6-5-10(3)12(8-11)13-4;1-9(2)8-10-4-6-11(12-3)7-5-10;1-9(2)8-10-6-4-3-5-7-10/h5-6,8-9H,7H2,1-4H3;4-7,9H,8H2,1-3H3;3-7,9H,8H2,1-2H3. The van der Waals surface area contributed by atoms with Gasteiger partial charge in [0.25, 0.3) is 0 Å². The second kappa shape index (κ2) is 16.8. The number of ether oxygens (including phenoxy) is 2. The third-order valence-corrected chi connectivity index (χ3v) is 5.41. The molecule has 0 atom stereocenters. The number of hydrogen-bond acceptors (Lipinski definition) is 2. The molecule has 0 radical (unpaired) electrons. The third kappa shape index (κ3) is 13.7. The third-order valence-electron chi connectivity index (χ3n) is 5.41. The lowest BCUT2D eigenvalue weighted by Crippen LogP contribution is -1.95. The number of hydrogen-bond donors (Lipinski definition) is 0. The molecule has 3 aromatic rings. The Balaban J connectivity index is 0.000000265. The molecule has 0 saturated carbocycles. The van der Waals surface area contributed by atoms with Crippen molar-refractivity contribution < 1.29 is 9.47 Å². The van der Waals surface area contributed by atoms with E-state index in [0.29, 0.717) is 5.92 Å². The minimum atomic E-state index is 0.701. The highest BCUT2D eigenvalue weighted by atomic mass is 16.5. The first-order valence-corrected chi connectivity index (χ1v) is 12.9. The fourth-order valence-corrected chi connectivity index (χ4v) is 3.78. The van der Waals surface area contributed by atoms with E-state index >= 15 is 0 Å². The maximum atomic E-state index is 5.27. The first kappa shape index (κ1) is 30.3. The predicted molar refractivity (Wildman–Crippen MR) is 153 cm³/mol. The quantitative estimate of drug-likeness (QED) is 0.323. The topological polar surface area (TPSA) is 18.5 Å². The molecule has 0 saturated heterocycles. The van der Waals surface area contributed by atoms with Crippen LogP contribution in [0.1, 0.15) is 63.8 Å². The lowest BCUT2D eigenvalue weighted by Gasteiger charge is -2.09. The molecule has 35 heavy (non-hydrogen) atoms. The van der Waals surface area contributed by atoms with Crippen molar-refractivity contribution >= 4 is 0 Å². The Kier molecular flexibility index (Phi) is 14.6. The molecule has 0 spiro atoms. The molecule has 192 valence electrons. The van der Waals surface area contributed by atoms with Crippen LogP contribution in [-0.4, -0.2) is 14.2 Å². The van der Waals surface area contributed by atoms with Crippen LogP contribution in [0.25, 0.3) is 0 Å². The zero-order valence-electron chi connectivity index (χ0n) is 23.6.